The molecule has 0 fully saturated rings. The largest absolute Gasteiger partial charge is 0.481 e. The van der Waals surface area contributed by atoms with E-state index < -0.39 is 18.0 Å². The van der Waals surface area contributed by atoms with Crippen LogP contribution < -0.4 is 10.6 Å². The van der Waals surface area contributed by atoms with E-state index in [2.05, 4.69) is 10.6 Å². The lowest BCUT2D eigenvalue weighted by Crippen LogP contribution is -2.50. The lowest BCUT2D eigenvalue weighted by Gasteiger charge is -2.29. The number of carbonyl (C=O) groups excluding carboxylic acids is 2. The first-order chi connectivity index (χ1) is 13.1. The number of urea groups is 1. The highest BCUT2D eigenvalue weighted by atomic mass is 16.4. The lowest BCUT2D eigenvalue weighted by atomic mass is 10.0. The third kappa shape index (κ3) is 6.85. The third-order valence-corrected chi connectivity index (χ3v) is 3.97. The first kappa shape index (κ1) is 21.1. The van der Waals surface area contributed by atoms with Crippen molar-refractivity contribution in [1.29, 1.82) is 0 Å². The van der Waals surface area contributed by atoms with Gasteiger partial charge in [-0.25, -0.2) is 4.79 Å². The molecular formula is C21H26N3O4+. The molecule has 3 N–H and O–H groups in total. The summed E-state index contributed by atoms with van der Waals surface area (Å²) in [6, 6.07) is 14.5. The molecule has 0 aromatic heterocycles. The standard InChI is InChI=1S/C21H25N3O4/c1-24(2,3)14-18(13-19(25)26)23-21(28)22-17-11-9-16(10-12-17)20(27)15-7-5-4-6-8-15/h4-12,18H,13-14H2,1-3H3,(H2-,22,23,25,26,27,28)/p+1/t18-/m1/s1. The molecule has 7 heteroatoms. The number of nitrogens with zero attached hydrogens (tertiary/aromatic N) is 1. The number of hydrogen-bond donors (Lipinski definition) is 3. The van der Waals surface area contributed by atoms with Crippen molar-refractivity contribution in [2.45, 2.75) is 12.5 Å². The van der Waals surface area contributed by atoms with Gasteiger partial charge in [0.2, 0.25) is 0 Å². The molecule has 0 aliphatic rings. The Morgan fingerprint density at radius 3 is 2.04 bits per heavy atom. The monoisotopic (exact) mass is 384 g/mol. The van der Waals surface area contributed by atoms with Crippen molar-refractivity contribution >= 4 is 23.5 Å². The molecule has 0 bridgehead atoms. The Morgan fingerprint density at radius 2 is 1.50 bits per heavy atom. The van der Waals surface area contributed by atoms with Crippen LogP contribution in [0.5, 0.6) is 0 Å². The number of carbonyl (C=O) groups is 3. The van der Waals surface area contributed by atoms with Gasteiger partial charge in [0, 0.05) is 16.8 Å². The zero-order chi connectivity index (χ0) is 20.7. The van der Waals surface area contributed by atoms with Crippen molar-refractivity contribution in [2.24, 2.45) is 0 Å². The molecule has 0 aliphatic heterocycles. The van der Waals surface area contributed by atoms with Crippen LogP contribution in [0.25, 0.3) is 0 Å². The number of aliphatic carboxylic acids is 1. The van der Waals surface area contributed by atoms with Crippen molar-refractivity contribution in [3.63, 3.8) is 0 Å². The molecule has 2 aromatic rings. The minimum atomic E-state index is -0.970. The first-order valence-corrected chi connectivity index (χ1v) is 8.93. The summed E-state index contributed by atoms with van der Waals surface area (Å²) in [4.78, 5) is 35.7. The quantitative estimate of drug-likeness (QED) is 0.481. The minimum Gasteiger partial charge on any atom is -0.481 e. The molecule has 1 atom stereocenters. The van der Waals surface area contributed by atoms with Crippen LogP contribution in [-0.4, -0.2) is 61.1 Å². The van der Waals surface area contributed by atoms with Crippen molar-refractivity contribution in [1.82, 2.24) is 5.32 Å². The molecule has 0 heterocycles. The van der Waals surface area contributed by atoms with Gasteiger partial charge >= 0.3 is 12.0 Å². The van der Waals surface area contributed by atoms with Crippen molar-refractivity contribution < 1.29 is 24.0 Å². The van der Waals surface area contributed by atoms with E-state index in [1.165, 1.54) is 0 Å². The van der Waals surface area contributed by atoms with Gasteiger partial charge in [0.15, 0.2) is 5.78 Å². The van der Waals surface area contributed by atoms with Crippen LogP contribution in [0, 0.1) is 0 Å². The van der Waals surface area contributed by atoms with Crippen LogP contribution in [0.3, 0.4) is 0 Å². The predicted octanol–water partition coefficient (Wildman–Crippen LogP) is 2.59. The maximum atomic E-state index is 12.4. The highest BCUT2D eigenvalue weighted by Crippen LogP contribution is 2.14. The Morgan fingerprint density at radius 1 is 0.929 bits per heavy atom. The maximum absolute atomic E-state index is 12.4. The van der Waals surface area contributed by atoms with E-state index in [1.807, 2.05) is 27.2 Å². The fourth-order valence-electron chi connectivity index (χ4n) is 2.85. The Kier molecular flexibility index (Phi) is 6.89. The number of anilines is 1. The molecule has 2 amide bonds. The molecular weight excluding hydrogens is 358 g/mol. The Labute approximate surface area is 164 Å². The van der Waals surface area contributed by atoms with Crippen LogP contribution in [0.4, 0.5) is 10.5 Å². The highest BCUT2D eigenvalue weighted by molar-refractivity contribution is 6.09. The van der Waals surface area contributed by atoms with Crippen LogP contribution in [-0.2, 0) is 4.79 Å². The second kappa shape index (κ2) is 9.14. The summed E-state index contributed by atoms with van der Waals surface area (Å²) in [5.74, 6) is -1.07. The smallest absolute Gasteiger partial charge is 0.319 e. The second-order valence-corrected chi connectivity index (χ2v) is 7.64. The van der Waals surface area contributed by atoms with Crippen molar-refractivity contribution in [2.75, 3.05) is 33.0 Å². The molecule has 7 nitrogen and oxygen atoms in total. The van der Waals surface area contributed by atoms with Gasteiger partial charge in [0.25, 0.3) is 0 Å². The molecule has 28 heavy (non-hydrogen) atoms. The number of carboxylic acids is 1. The normalized spacial score (nSPS) is 12.1. The molecule has 0 saturated carbocycles. The molecule has 0 radical (unpaired) electrons. The SMILES string of the molecule is C[N+](C)(C)C[C@@H](CC(=O)O)NC(=O)Nc1ccc(C(=O)c2ccccc2)cc1. The number of quaternary nitrogens is 1. The number of amides is 2. The number of likely N-dealkylation sites (N-methyl/N-ethyl adjacent to an activating group) is 1. The van der Waals surface area contributed by atoms with E-state index in [-0.39, 0.29) is 12.2 Å². The summed E-state index contributed by atoms with van der Waals surface area (Å²) in [7, 11) is 5.78. The van der Waals surface area contributed by atoms with Crippen LogP contribution in [0.15, 0.2) is 54.6 Å². The summed E-state index contributed by atoms with van der Waals surface area (Å²) in [5.41, 5.74) is 1.63. The van der Waals surface area contributed by atoms with Gasteiger partial charge in [0.1, 0.15) is 0 Å². The Hall–Kier alpha value is -3.19. The van der Waals surface area contributed by atoms with E-state index >= 15 is 0 Å². The fraction of sp³-hybridized carbons (Fsp3) is 0.286. The molecule has 0 aliphatic carbocycles. The summed E-state index contributed by atoms with van der Waals surface area (Å²) < 4.78 is 0.522. The number of carboxylic acid groups (broad SMARTS) is 1. The zero-order valence-electron chi connectivity index (χ0n) is 16.3. The zero-order valence-corrected chi connectivity index (χ0v) is 16.3. The van der Waals surface area contributed by atoms with Crippen LogP contribution >= 0.6 is 0 Å². The summed E-state index contributed by atoms with van der Waals surface area (Å²) in [5, 5.41) is 14.4. The fourth-order valence-corrected chi connectivity index (χ4v) is 2.85. The van der Waals surface area contributed by atoms with E-state index in [1.54, 1.807) is 48.5 Å². The molecule has 2 aromatic carbocycles. The van der Waals surface area contributed by atoms with Gasteiger partial charge in [-0.05, 0) is 24.3 Å². The van der Waals surface area contributed by atoms with Gasteiger partial charge in [0.05, 0.1) is 40.2 Å². The van der Waals surface area contributed by atoms with E-state index in [0.29, 0.717) is 27.8 Å². The molecule has 2 rings (SSSR count). The Bertz CT molecular complexity index is 827. The maximum Gasteiger partial charge on any atom is 0.319 e. The second-order valence-electron chi connectivity index (χ2n) is 7.64. The van der Waals surface area contributed by atoms with Gasteiger partial charge in [-0.2, -0.15) is 0 Å². The van der Waals surface area contributed by atoms with Crippen molar-refractivity contribution in [3.05, 3.63) is 65.7 Å². The van der Waals surface area contributed by atoms with Gasteiger partial charge in [-0.1, -0.05) is 30.3 Å². The van der Waals surface area contributed by atoms with Gasteiger partial charge in [-0.3, -0.25) is 9.59 Å². The van der Waals surface area contributed by atoms with Gasteiger partial charge < -0.3 is 20.2 Å². The Balaban J connectivity index is 1.99. The first-order valence-electron chi connectivity index (χ1n) is 8.93. The topological polar surface area (TPSA) is 95.5 Å². The number of hydrogen-bond acceptors (Lipinski definition) is 3. The number of nitrogens with one attached hydrogen (secondary N) is 2. The van der Waals surface area contributed by atoms with Crippen LogP contribution in [0.2, 0.25) is 0 Å². The number of benzene rings is 2. The number of ketones is 1. The third-order valence-electron chi connectivity index (χ3n) is 3.97. The van der Waals surface area contributed by atoms with E-state index in [4.69, 9.17) is 5.11 Å². The summed E-state index contributed by atoms with van der Waals surface area (Å²) >= 11 is 0. The summed E-state index contributed by atoms with van der Waals surface area (Å²) in [6.07, 6.45) is -0.159. The average molecular weight is 384 g/mol. The van der Waals surface area contributed by atoms with Crippen molar-refractivity contribution in [3.8, 4) is 0 Å². The highest BCUT2D eigenvalue weighted by Gasteiger charge is 2.23. The molecule has 0 spiro atoms. The van der Waals surface area contributed by atoms with E-state index in [0.717, 1.165) is 0 Å². The van der Waals surface area contributed by atoms with Crippen LogP contribution in [0.1, 0.15) is 22.3 Å². The average Bonchev–Trinajstić information content (AvgIpc) is 2.60. The number of rotatable bonds is 8. The molecule has 0 saturated heterocycles. The van der Waals surface area contributed by atoms with Gasteiger partial charge in [-0.15, -0.1) is 0 Å². The minimum absolute atomic E-state index is 0.0962. The van der Waals surface area contributed by atoms with E-state index in [9.17, 15) is 14.4 Å². The summed E-state index contributed by atoms with van der Waals surface area (Å²) in [6.45, 7) is 0.476. The lowest BCUT2D eigenvalue weighted by molar-refractivity contribution is -0.871. The molecule has 148 valence electrons. The molecule has 0 unspecified atom stereocenters. The predicted molar refractivity (Wildman–Crippen MR) is 107 cm³/mol.